The van der Waals surface area contributed by atoms with Crippen LogP contribution in [0.3, 0.4) is 0 Å². The van der Waals surface area contributed by atoms with Crippen LogP contribution in [0.5, 0.6) is 0 Å². The van der Waals surface area contributed by atoms with Crippen LogP contribution in [-0.2, 0) is 16.6 Å². The average Bonchev–Trinajstić information content (AvgIpc) is 3.26. The Bertz CT molecular complexity index is 1440. The van der Waals surface area contributed by atoms with E-state index < -0.39 is 15.9 Å². The van der Waals surface area contributed by atoms with E-state index >= 15 is 0 Å². The maximum absolute atomic E-state index is 13.0. The predicted octanol–water partition coefficient (Wildman–Crippen LogP) is 5.02. The molecule has 0 spiro atoms. The second-order valence-corrected chi connectivity index (χ2v) is 10.0. The Labute approximate surface area is 204 Å². The lowest BCUT2D eigenvalue weighted by atomic mass is 10.0. The Morgan fingerprint density at radius 2 is 1.76 bits per heavy atom. The van der Waals surface area contributed by atoms with Crippen molar-refractivity contribution in [2.24, 2.45) is 0 Å². The highest BCUT2D eigenvalue weighted by molar-refractivity contribution is 7.89. The maximum atomic E-state index is 13.0. The summed E-state index contributed by atoms with van der Waals surface area (Å²) < 4.78 is 28.9. The minimum absolute atomic E-state index is 0.0736. The number of aromatic nitrogens is 2. The fraction of sp³-hybridized carbons (Fsp3) is 0.200. The number of fused-ring (bicyclic) bond motifs is 1. The van der Waals surface area contributed by atoms with Gasteiger partial charge in [0.15, 0.2) is 0 Å². The van der Waals surface area contributed by atoms with Crippen LogP contribution in [0.1, 0.15) is 29.8 Å². The number of anilines is 1. The van der Waals surface area contributed by atoms with Gasteiger partial charge in [-0.2, -0.15) is 9.40 Å². The van der Waals surface area contributed by atoms with Crippen molar-refractivity contribution in [1.82, 2.24) is 14.1 Å². The largest absolute Gasteiger partial charge is 0.307 e. The van der Waals surface area contributed by atoms with E-state index in [9.17, 15) is 13.2 Å². The van der Waals surface area contributed by atoms with Gasteiger partial charge in [-0.3, -0.25) is 4.79 Å². The van der Waals surface area contributed by atoms with E-state index in [1.807, 2.05) is 24.3 Å². The monoisotopic (exact) mass is 496 g/mol. The molecule has 0 saturated carbocycles. The van der Waals surface area contributed by atoms with Crippen molar-refractivity contribution in [3.8, 4) is 0 Å². The standard InChI is InChI=1S/C25H25ClN4O3S/c1-3-29(4-2)34(32,33)23-16-19(12-13-22(23)26)25(31)28-24-14-15-27-30(24)17-20-10-7-9-18-8-5-6-11-21(18)20/h5-16H,3-4,17H2,1-2H3,(H,28,31). The first kappa shape index (κ1) is 23.9. The summed E-state index contributed by atoms with van der Waals surface area (Å²) in [5.41, 5.74) is 1.25. The van der Waals surface area contributed by atoms with Gasteiger partial charge in [-0.25, -0.2) is 13.1 Å². The summed E-state index contributed by atoms with van der Waals surface area (Å²) in [7, 11) is -3.82. The number of rotatable bonds is 8. The molecule has 176 valence electrons. The Balaban J connectivity index is 1.60. The molecule has 1 amide bonds. The van der Waals surface area contributed by atoms with Crippen LogP contribution in [0.25, 0.3) is 10.8 Å². The van der Waals surface area contributed by atoms with Crippen molar-refractivity contribution in [3.63, 3.8) is 0 Å². The van der Waals surface area contributed by atoms with Gasteiger partial charge in [0.1, 0.15) is 10.7 Å². The third-order valence-corrected chi connectivity index (χ3v) is 8.21. The number of sulfonamides is 1. The first-order chi connectivity index (χ1) is 16.3. The van der Waals surface area contributed by atoms with E-state index in [-0.39, 0.29) is 15.5 Å². The summed E-state index contributed by atoms with van der Waals surface area (Å²) in [6, 6.07) is 20.1. The van der Waals surface area contributed by atoms with E-state index in [4.69, 9.17) is 11.6 Å². The number of amides is 1. The van der Waals surface area contributed by atoms with Crippen LogP contribution < -0.4 is 5.32 Å². The lowest BCUT2D eigenvalue weighted by Crippen LogP contribution is -2.31. The zero-order valence-corrected chi connectivity index (χ0v) is 20.5. The summed E-state index contributed by atoms with van der Waals surface area (Å²) in [6.07, 6.45) is 1.61. The molecule has 1 heterocycles. The fourth-order valence-electron chi connectivity index (χ4n) is 3.89. The van der Waals surface area contributed by atoms with E-state index in [2.05, 4.69) is 28.6 Å². The van der Waals surface area contributed by atoms with E-state index in [0.717, 1.165) is 16.3 Å². The molecule has 9 heteroatoms. The lowest BCUT2D eigenvalue weighted by molar-refractivity contribution is 0.102. The molecule has 7 nitrogen and oxygen atoms in total. The minimum atomic E-state index is -3.82. The SMILES string of the molecule is CCN(CC)S(=O)(=O)c1cc(C(=O)Nc2ccnn2Cc2cccc3ccccc23)ccc1Cl. The van der Waals surface area contributed by atoms with Gasteiger partial charge in [-0.1, -0.05) is 67.9 Å². The normalized spacial score (nSPS) is 11.8. The highest BCUT2D eigenvalue weighted by Gasteiger charge is 2.25. The molecule has 0 unspecified atom stereocenters. The van der Waals surface area contributed by atoms with Crippen LogP contribution in [-0.4, -0.2) is 41.5 Å². The van der Waals surface area contributed by atoms with Crippen molar-refractivity contribution >= 4 is 44.1 Å². The summed E-state index contributed by atoms with van der Waals surface area (Å²) in [4.78, 5) is 12.9. The van der Waals surface area contributed by atoms with Crippen LogP contribution in [0, 0.1) is 0 Å². The Hall–Kier alpha value is -3.20. The van der Waals surface area contributed by atoms with E-state index in [1.165, 1.54) is 22.5 Å². The molecule has 1 N–H and O–H groups in total. The highest BCUT2D eigenvalue weighted by atomic mass is 35.5. The van der Waals surface area contributed by atoms with Gasteiger partial charge in [0.2, 0.25) is 10.0 Å². The summed E-state index contributed by atoms with van der Waals surface area (Å²) in [5.74, 6) is 0.0494. The van der Waals surface area contributed by atoms with Crippen molar-refractivity contribution in [2.75, 3.05) is 18.4 Å². The van der Waals surface area contributed by atoms with Gasteiger partial charge >= 0.3 is 0 Å². The topological polar surface area (TPSA) is 84.3 Å². The number of hydrogen-bond donors (Lipinski definition) is 1. The second-order valence-electron chi connectivity index (χ2n) is 7.70. The number of halogens is 1. The molecule has 0 aliphatic carbocycles. The smallest absolute Gasteiger partial charge is 0.256 e. The van der Waals surface area contributed by atoms with E-state index in [0.29, 0.717) is 25.5 Å². The molecule has 34 heavy (non-hydrogen) atoms. The molecule has 0 fully saturated rings. The zero-order chi connectivity index (χ0) is 24.3. The summed E-state index contributed by atoms with van der Waals surface area (Å²) in [5, 5.41) is 9.51. The van der Waals surface area contributed by atoms with Gasteiger partial charge in [-0.15, -0.1) is 0 Å². The predicted molar refractivity (Wildman–Crippen MR) is 135 cm³/mol. The molecule has 0 saturated heterocycles. The number of hydrogen-bond acceptors (Lipinski definition) is 4. The molecular weight excluding hydrogens is 472 g/mol. The van der Waals surface area contributed by atoms with Crippen molar-refractivity contribution < 1.29 is 13.2 Å². The summed E-state index contributed by atoms with van der Waals surface area (Å²) >= 11 is 6.20. The Kier molecular flexibility index (Phi) is 7.02. The van der Waals surface area contributed by atoms with Crippen LogP contribution in [0.4, 0.5) is 5.82 Å². The van der Waals surface area contributed by atoms with Gasteiger partial charge in [0, 0.05) is 24.7 Å². The molecule has 4 aromatic rings. The fourth-order valence-corrected chi connectivity index (χ4v) is 5.85. The van der Waals surface area contributed by atoms with Crippen LogP contribution in [0.2, 0.25) is 5.02 Å². The Morgan fingerprint density at radius 3 is 2.53 bits per heavy atom. The third kappa shape index (κ3) is 4.70. The van der Waals surface area contributed by atoms with Crippen molar-refractivity contribution in [2.45, 2.75) is 25.3 Å². The maximum Gasteiger partial charge on any atom is 0.256 e. The van der Waals surface area contributed by atoms with Crippen molar-refractivity contribution in [3.05, 3.63) is 89.1 Å². The van der Waals surface area contributed by atoms with Gasteiger partial charge in [0.25, 0.3) is 5.91 Å². The molecule has 3 aromatic carbocycles. The quantitative estimate of drug-likeness (QED) is 0.371. The van der Waals surface area contributed by atoms with E-state index in [1.54, 1.807) is 30.8 Å². The van der Waals surface area contributed by atoms with Gasteiger partial charge in [-0.05, 0) is 34.5 Å². The van der Waals surface area contributed by atoms with Crippen molar-refractivity contribution in [1.29, 1.82) is 0 Å². The van der Waals surface area contributed by atoms with Gasteiger partial charge in [0.05, 0.1) is 17.8 Å². The number of nitrogens with zero attached hydrogens (tertiary/aromatic N) is 3. The number of nitrogens with one attached hydrogen (secondary N) is 1. The average molecular weight is 497 g/mol. The zero-order valence-electron chi connectivity index (χ0n) is 18.9. The van der Waals surface area contributed by atoms with Gasteiger partial charge < -0.3 is 5.32 Å². The number of carbonyl (C=O) groups excluding carboxylic acids is 1. The molecule has 1 aromatic heterocycles. The molecule has 0 bridgehead atoms. The number of carbonyl (C=O) groups is 1. The highest BCUT2D eigenvalue weighted by Crippen LogP contribution is 2.26. The van der Waals surface area contributed by atoms with Crippen LogP contribution in [0.15, 0.2) is 77.8 Å². The molecule has 0 radical (unpaired) electrons. The lowest BCUT2D eigenvalue weighted by Gasteiger charge is -2.19. The van der Waals surface area contributed by atoms with Crippen LogP contribution >= 0.6 is 11.6 Å². The molecule has 0 atom stereocenters. The third-order valence-electron chi connectivity index (χ3n) is 5.67. The first-order valence-corrected chi connectivity index (χ1v) is 12.8. The molecule has 4 rings (SSSR count). The summed E-state index contributed by atoms with van der Waals surface area (Å²) in [6.45, 7) is 4.58. The first-order valence-electron chi connectivity index (χ1n) is 10.9. The molecule has 0 aliphatic rings. The Morgan fingerprint density at radius 1 is 1.03 bits per heavy atom. The number of benzene rings is 3. The second kappa shape index (κ2) is 9.97. The molecule has 0 aliphatic heterocycles. The minimum Gasteiger partial charge on any atom is -0.307 e. The molecular formula is C25H25ClN4O3S.